The van der Waals surface area contributed by atoms with Gasteiger partial charge in [0.2, 0.25) is 5.91 Å². The fourth-order valence-corrected chi connectivity index (χ4v) is 2.58. The number of amides is 1. The molecule has 0 unspecified atom stereocenters. The predicted octanol–water partition coefficient (Wildman–Crippen LogP) is 2.79. The van der Waals surface area contributed by atoms with E-state index in [0.717, 1.165) is 5.56 Å². The Bertz CT molecular complexity index is 978. The van der Waals surface area contributed by atoms with Gasteiger partial charge in [0.25, 0.3) is 0 Å². The van der Waals surface area contributed by atoms with E-state index in [1.54, 1.807) is 25.3 Å². The Morgan fingerprint density at radius 1 is 1.25 bits per heavy atom. The quantitative estimate of drug-likeness (QED) is 0.805. The monoisotopic (exact) mass is 325 g/mol. The summed E-state index contributed by atoms with van der Waals surface area (Å²) in [7, 11) is 0. The third-order valence-corrected chi connectivity index (χ3v) is 3.77. The molecule has 2 heterocycles. The summed E-state index contributed by atoms with van der Waals surface area (Å²) in [6.45, 7) is 3.46. The summed E-state index contributed by atoms with van der Waals surface area (Å²) in [6, 6.07) is 9.24. The molecule has 0 saturated carbocycles. The van der Waals surface area contributed by atoms with Gasteiger partial charge in [0.15, 0.2) is 5.43 Å². The average molecular weight is 325 g/mol. The van der Waals surface area contributed by atoms with E-state index >= 15 is 0 Å². The molecule has 5 nitrogen and oxygen atoms in total. The predicted molar refractivity (Wildman–Crippen MR) is 90.5 cm³/mol. The number of pyridine rings is 2. The van der Waals surface area contributed by atoms with Crippen LogP contribution in [0.4, 0.5) is 10.2 Å². The zero-order valence-electron chi connectivity index (χ0n) is 13.3. The number of rotatable bonds is 3. The first-order chi connectivity index (χ1) is 11.5. The second-order valence-electron chi connectivity index (χ2n) is 5.64. The van der Waals surface area contributed by atoms with Gasteiger partial charge in [0.1, 0.15) is 18.2 Å². The van der Waals surface area contributed by atoms with Crippen LogP contribution in [0, 0.1) is 19.7 Å². The highest BCUT2D eigenvalue weighted by molar-refractivity contribution is 5.91. The van der Waals surface area contributed by atoms with E-state index in [1.165, 1.54) is 22.8 Å². The third kappa shape index (κ3) is 3.03. The van der Waals surface area contributed by atoms with Crippen molar-refractivity contribution in [1.29, 1.82) is 0 Å². The Kier molecular flexibility index (Phi) is 4.12. The van der Waals surface area contributed by atoms with Crippen molar-refractivity contribution in [3.63, 3.8) is 0 Å². The van der Waals surface area contributed by atoms with Gasteiger partial charge in [-0.2, -0.15) is 0 Å². The number of para-hydroxylation sites is 1. The maximum atomic E-state index is 14.2. The molecular weight excluding hydrogens is 309 g/mol. The summed E-state index contributed by atoms with van der Waals surface area (Å²) < 4.78 is 15.7. The lowest BCUT2D eigenvalue weighted by molar-refractivity contribution is -0.116. The molecule has 6 heteroatoms. The Morgan fingerprint density at radius 2 is 2.04 bits per heavy atom. The molecule has 0 bridgehead atoms. The van der Waals surface area contributed by atoms with Crippen LogP contribution in [0.1, 0.15) is 11.3 Å². The van der Waals surface area contributed by atoms with Crippen molar-refractivity contribution in [2.24, 2.45) is 0 Å². The van der Waals surface area contributed by atoms with Crippen LogP contribution in [0.3, 0.4) is 0 Å². The zero-order chi connectivity index (χ0) is 17.3. The number of benzene rings is 1. The van der Waals surface area contributed by atoms with E-state index in [0.29, 0.717) is 11.5 Å². The van der Waals surface area contributed by atoms with Crippen molar-refractivity contribution in [2.75, 3.05) is 5.32 Å². The second-order valence-corrected chi connectivity index (χ2v) is 5.64. The lowest BCUT2D eigenvalue weighted by Crippen LogP contribution is -2.23. The standard InChI is InChI=1S/C18H16FN3O2/c1-11-6-7-16(20-9-11)21-17(24)10-22-12(2)8-15(23)13-4-3-5-14(19)18(13)22/h3-9H,10H2,1-2H3,(H,20,21,24). The van der Waals surface area contributed by atoms with Gasteiger partial charge in [0.05, 0.1) is 5.52 Å². The number of hydrogen-bond donors (Lipinski definition) is 1. The third-order valence-electron chi connectivity index (χ3n) is 3.77. The van der Waals surface area contributed by atoms with E-state index in [4.69, 9.17) is 0 Å². The molecule has 0 aliphatic rings. The molecule has 2 aromatic heterocycles. The van der Waals surface area contributed by atoms with Crippen LogP contribution in [-0.2, 0) is 11.3 Å². The van der Waals surface area contributed by atoms with E-state index in [1.807, 2.05) is 13.0 Å². The Labute approximate surface area is 137 Å². The highest BCUT2D eigenvalue weighted by Crippen LogP contribution is 2.17. The van der Waals surface area contributed by atoms with E-state index < -0.39 is 5.82 Å². The number of hydrogen-bond acceptors (Lipinski definition) is 3. The lowest BCUT2D eigenvalue weighted by atomic mass is 10.1. The summed E-state index contributed by atoms with van der Waals surface area (Å²) in [5.74, 6) is -0.453. The van der Waals surface area contributed by atoms with Gasteiger partial charge < -0.3 is 9.88 Å². The topological polar surface area (TPSA) is 64.0 Å². The van der Waals surface area contributed by atoms with Gasteiger partial charge in [-0.1, -0.05) is 12.1 Å². The van der Waals surface area contributed by atoms with Crippen LogP contribution in [-0.4, -0.2) is 15.5 Å². The van der Waals surface area contributed by atoms with Crippen molar-refractivity contribution in [3.05, 3.63) is 69.9 Å². The normalized spacial score (nSPS) is 10.8. The molecule has 1 N–H and O–H groups in total. The molecule has 122 valence electrons. The van der Waals surface area contributed by atoms with Crippen LogP contribution in [0.15, 0.2) is 47.4 Å². The molecule has 0 aliphatic carbocycles. The van der Waals surface area contributed by atoms with Gasteiger partial charge in [-0.05, 0) is 37.6 Å². The number of nitrogens with one attached hydrogen (secondary N) is 1. The van der Waals surface area contributed by atoms with E-state index in [2.05, 4.69) is 10.3 Å². The smallest absolute Gasteiger partial charge is 0.245 e. The number of carbonyl (C=O) groups is 1. The maximum absolute atomic E-state index is 14.2. The first kappa shape index (κ1) is 15.9. The van der Waals surface area contributed by atoms with Crippen molar-refractivity contribution in [3.8, 4) is 0 Å². The van der Waals surface area contributed by atoms with Crippen molar-refractivity contribution in [1.82, 2.24) is 9.55 Å². The molecule has 0 fully saturated rings. The number of aromatic nitrogens is 2. The molecule has 3 rings (SSSR count). The minimum absolute atomic E-state index is 0.112. The second kappa shape index (κ2) is 6.23. The van der Waals surface area contributed by atoms with E-state index in [-0.39, 0.29) is 28.8 Å². The summed E-state index contributed by atoms with van der Waals surface area (Å²) in [6.07, 6.45) is 1.65. The van der Waals surface area contributed by atoms with Gasteiger partial charge in [-0.3, -0.25) is 9.59 Å². The number of anilines is 1. The van der Waals surface area contributed by atoms with Gasteiger partial charge in [0, 0.05) is 23.3 Å². The maximum Gasteiger partial charge on any atom is 0.245 e. The molecule has 1 amide bonds. The van der Waals surface area contributed by atoms with Crippen LogP contribution in [0.2, 0.25) is 0 Å². The minimum atomic E-state index is -0.533. The van der Waals surface area contributed by atoms with Gasteiger partial charge in [-0.15, -0.1) is 0 Å². The van der Waals surface area contributed by atoms with E-state index in [9.17, 15) is 14.0 Å². The highest BCUT2D eigenvalue weighted by Gasteiger charge is 2.13. The molecular formula is C18H16FN3O2. The molecule has 0 aliphatic heterocycles. The summed E-state index contributed by atoms with van der Waals surface area (Å²) >= 11 is 0. The number of fused-ring (bicyclic) bond motifs is 1. The Balaban J connectivity index is 1.96. The van der Waals surface area contributed by atoms with Crippen LogP contribution >= 0.6 is 0 Å². The fraction of sp³-hybridized carbons (Fsp3) is 0.167. The number of nitrogens with zero attached hydrogens (tertiary/aromatic N) is 2. The van der Waals surface area contributed by atoms with Gasteiger partial charge >= 0.3 is 0 Å². The molecule has 24 heavy (non-hydrogen) atoms. The number of carbonyl (C=O) groups excluding carboxylic acids is 1. The Morgan fingerprint density at radius 3 is 2.75 bits per heavy atom. The minimum Gasteiger partial charge on any atom is -0.333 e. The van der Waals surface area contributed by atoms with Crippen molar-refractivity contribution < 1.29 is 9.18 Å². The average Bonchev–Trinajstić information content (AvgIpc) is 2.54. The number of halogens is 1. The highest BCUT2D eigenvalue weighted by atomic mass is 19.1. The van der Waals surface area contributed by atoms with Gasteiger partial charge in [-0.25, -0.2) is 9.37 Å². The molecule has 0 radical (unpaired) electrons. The molecule has 0 atom stereocenters. The SMILES string of the molecule is Cc1ccc(NC(=O)Cn2c(C)cc(=O)c3cccc(F)c32)nc1. The molecule has 3 aromatic rings. The molecule has 0 saturated heterocycles. The Hall–Kier alpha value is -3.02. The summed E-state index contributed by atoms with van der Waals surface area (Å²) in [5.41, 5.74) is 1.37. The number of aryl methyl sites for hydroxylation is 2. The first-order valence-electron chi connectivity index (χ1n) is 7.47. The summed E-state index contributed by atoms with van der Waals surface area (Å²) in [4.78, 5) is 28.4. The van der Waals surface area contributed by atoms with Crippen LogP contribution in [0.5, 0.6) is 0 Å². The molecule has 1 aromatic carbocycles. The summed E-state index contributed by atoms with van der Waals surface area (Å²) in [5, 5.41) is 2.92. The van der Waals surface area contributed by atoms with Crippen molar-refractivity contribution in [2.45, 2.75) is 20.4 Å². The lowest BCUT2D eigenvalue weighted by Gasteiger charge is -2.15. The van der Waals surface area contributed by atoms with Crippen molar-refractivity contribution >= 4 is 22.6 Å². The zero-order valence-corrected chi connectivity index (χ0v) is 13.3. The molecule has 0 spiro atoms. The largest absolute Gasteiger partial charge is 0.333 e. The van der Waals surface area contributed by atoms with Crippen LogP contribution in [0.25, 0.3) is 10.9 Å². The first-order valence-corrected chi connectivity index (χ1v) is 7.47. The fourth-order valence-electron chi connectivity index (χ4n) is 2.58. The van der Waals surface area contributed by atoms with Crippen LogP contribution < -0.4 is 10.7 Å².